The smallest absolute Gasteiger partial charge is 0.234 e. The van der Waals surface area contributed by atoms with Gasteiger partial charge in [0.05, 0.1) is 11.6 Å². The summed E-state index contributed by atoms with van der Waals surface area (Å²) in [5.41, 5.74) is 5.10. The van der Waals surface area contributed by atoms with Crippen molar-refractivity contribution in [3.63, 3.8) is 0 Å². The third kappa shape index (κ3) is 3.27. The summed E-state index contributed by atoms with van der Waals surface area (Å²) in [6.45, 7) is 6.67. The second-order valence-corrected chi connectivity index (χ2v) is 4.59. The van der Waals surface area contributed by atoms with Gasteiger partial charge in [0.2, 0.25) is 5.91 Å². The van der Waals surface area contributed by atoms with Crippen LogP contribution in [0.25, 0.3) is 0 Å². The van der Waals surface area contributed by atoms with Gasteiger partial charge in [-0.15, -0.1) is 0 Å². The summed E-state index contributed by atoms with van der Waals surface area (Å²) in [6.07, 6.45) is 1.87. The Bertz CT molecular complexity index is 216. The van der Waals surface area contributed by atoms with E-state index in [-0.39, 0.29) is 17.6 Å². The molecule has 0 bridgehead atoms. The Morgan fingerprint density at radius 1 is 1.64 bits per heavy atom. The Hall–Kier alpha value is -0.610. The Labute approximate surface area is 85.2 Å². The Kier molecular flexibility index (Phi) is 3.50. The minimum Gasteiger partial charge on any atom is -0.375 e. The van der Waals surface area contributed by atoms with Gasteiger partial charge in [-0.1, -0.05) is 0 Å². The molecule has 1 fully saturated rings. The lowest BCUT2D eigenvalue weighted by Gasteiger charge is -2.36. The molecule has 1 saturated heterocycles. The average molecular weight is 200 g/mol. The predicted octanol–water partition coefficient (Wildman–Crippen LogP) is 0.407. The highest BCUT2D eigenvalue weighted by atomic mass is 16.5. The molecule has 0 aromatic heterocycles. The number of nitrogens with one attached hydrogen (secondary N) is 1. The van der Waals surface area contributed by atoms with Crippen molar-refractivity contribution in [2.75, 3.05) is 6.61 Å². The number of hydrogen-bond donors (Lipinski definition) is 2. The van der Waals surface area contributed by atoms with Crippen LogP contribution in [0.1, 0.15) is 33.6 Å². The molecule has 1 aliphatic rings. The molecule has 3 N–H and O–H groups in total. The van der Waals surface area contributed by atoms with E-state index in [1.807, 2.05) is 0 Å². The first-order valence-electron chi connectivity index (χ1n) is 5.10. The van der Waals surface area contributed by atoms with Gasteiger partial charge >= 0.3 is 0 Å². The number of primary amides is 1. The van der Waals surface area contributed by atoms with Gasteiger partial charge in [0.15, 0.2) is 0 Å². The van der Waals surface area contributed by atoms with Crippen molar-refractivity contribution in [1.82, 2.24) is 5.32 Å². The molecule has 0 aliphatic carbocycles. The molecule has 4 heteroatoms. The zero-order valence-electron chi connectivity index (χ0n) is 9.17. The van der Waals surface area contributed by atoms with E-state index in [1.165, 1.54) is 0 Å². The molecule has 1 amide bonds. The normalized spacial score (nSPS) is 28.4. The minimum absolute atomic E-state index is 0.0900. The van der Waals surface area contributed by atoms with Gasteiger partial charge in [0.25, 0.3) is 0 Å². The molecule has 2 unspecified atom stereocenters. The standard InChI is InChI=1S/C10H20N2O2/c1-7(9(11)13)12-8-4-5-14-10(2,3)6-8/h7-8,12H,4-6H2,1-3H3,(H2,11,13). The van der Waals surface area contributed by atoms with Gasteiger partial charge in [-0.25, -0.2) is 0 Å². The monoisotopic (exact) mass is 200 g/mol. The van der Waals surface area contributed by atoms with E-state index < -0.39 is 0 Å². The van der Waals surface area contributed by atoms with Gasteiger partial charge in [-0.2, -0.15) is 0 Å². The summed E-state index contributed by atoms with van der Waals surface area (Å²) >= 11 is 0. The zero-order chi connectivity index (χ0) is 10.8. The van der Waals surface area contributed by atoms with E-state index in [9.17, 15) is 4.79 Å². The van der Waals surface area contributed by atoms with Crippen molar-refractivity contribution in [2.45, 2.75) is 51.3 Å². The lowest BCUT2D eigenvalue weighted by molar-refractivity contribution is -0.120. The van der Waals surface area contributed by atoms with Crippen LogP contribution >= 0.6 is 0 Å². The second-order valence-electron chi connectivity index (χ2n) is 4.59. The number of carbonyl (C=O) groups excluding carboxylic acids is 1. The lowest BCUT2D eigenvalue weighted by atomic mass is 9.93. The van der Waals surface area contributed by atoms with Crippen LogP contribution in [0.5, 0.6) is 0 Å². The maximum absolute atomic E-state index is 10.9. The van der Waals surface area contributed by atoms with E-state index in [0.717, 1.165) is 19.4 Å². The molecule has 82 valence electrons. The van der Waals surface area contributed by atoms with Crippen LogP contribution in [0.15, 0.2) is 0 Å². The number of hydrogen-bond acceptors (Lipinski definition) is 3. The molecule has 4 nitrogen and oxygen atoms in total. The summed E-state index contributed by atoms with van der Waals surface area (Å²) < 4.78 is 5.58. The number of carbonyl (C=O) groups is 1. The Morgan fingerprint density at radius 2 is 2.29 bits per heavy atom. The van der Waals surface area contributed by atoms with Crippen molar-refractivity contribution >= 4 is 5.91 Å². The fourth-order valence-electron chi connectivity index (χ4n) is 1.81. The van der Waals surface area contributed by atoms with Crippen LogP contribution in [-0.4, -0.2) is 30.2 Å². The summed E-state index contributed by atoms with van der Waals surface area (Å²) in [5.74, 6) is -0.297. The maximum Gasteiger partial charge on any atom is 0.234 e. The molecule has 0 radical (unpaired) electrons. The van der Waals surface area contributed by atoms with Crippen LogP contribution in [-0.2, 0) is 9.53 Å². The van der Waals surface area contributed by atoms with Crippen molar-refractivity contribution in [3.8, 4) is 0 Å². The van der Waals surface area contributed by atoms with Crippen molar-refractivity contribution < 1.29 is 9.53 Å². The maximum atomic E-state index is 10.9. The Morgan fingerprint density at radius 3 is 2.79 bits per heavy atom. The van der Waals surface area contributed by atoms with Crippen LogP contribution < -0.4 is 11.1 Å². The van der Waals surface area contributed by atoms with E-state index >= 15 is 0 Å². The summed E-state index contributed by atoms with van der Waals surface area (Å²) in [6, 6.07) is 0.0788. The molecule has 1 aliphatic heterocycles. The molecule has 0 aromatic rings. The van der Waals surface area contributed by atoms with Gasteiger partial charge in [0.1, 0.15) is 0 Å². The van der Waals surface area contributed by atoms with Crippen LogP contribution in [0.4, 0.5) is 0 Å². The highest BCUT2D eigenvalue weighted by molar-refractivity contribution is 5.79. The van der Waals surface area contributed by atoms with Crippen molar-refractivity contribution in [1.29, 1.82) is 0 Å². The quantitative estimate of drug-likeness (QED) is 0.693. The van der Waals surface area contributed by atoms with E-state index in [1.54, 1.807) is 6.92 Å². The zero-order valence-corrected chi connectivity index (χ0v) is 9.17. The summed E-state index contributed by atoms with van der Waals surface area (Å²) in [4.78, 5) is 10.9. The first kappa shape index (κ1) is 11.5. The molecule has 1 heterocycles. The van der Waals surface area contributed by atoms with Crippen molar-refractivity contribution in [2.24, 2.45) is 5.73 Å². The average Bonchev–Trinajstić information content (AvgIpc) is 2.01. The fourth-order valence-corrected chi connectivity index (χ4v) is 1.81. The van der Waals surface area contributed by atoms with E-state index in [2.05, 4.69) is 19.2 Å². The minimum atomic E-state index is -0.297. The van der Waals surface area contributed by atoms with Crippen molar-refractivity contribution in [3.05, 3.63) is 0 Å². The fraction of sp³-hybridized carbons (Fsp3) is 0.900. The van der Waals surface area contributed by atoms with Gasteiger partial charge in [-0.05, 0) is 33.6 Å². The molecule has 0 spiro atoms. The highest BCUT2D eigenvalue weighted by Crippen LogP contribution is 2.23. The van der Waals surface area contributed by atoms with Gasteiger partial charge in [0, 0.05) is 12.6 Å². The molecule has 0 aromatic carbocycles. The molecule has 2 atom stereocenters. The molecule has 1 rings (SSSR count). The SMILES string of the molecule is CC(NC1CCOC(C)(C)C1)C(N)=O. The van der Waals surface area contributed by atoms with Gasteiger partial charge in [-0.3, -0.25) is 4.79 Å². The van der Waals surface area contributed by atoms with Crippen LogP contribution in [0, 0.1) is 0 Å². The Balaban J connectivity index is 2.42. The number of amides is 1. The summed E-state index contributed by atoms with van der Waals surface area (Å²) in [5, 5.41) is 3.22. The van der Waals surface area contributed by atoms with Gasteiger partial charge < -0.3 is 15.8 Å². The molecular formula is C10H20N2O2. The topological polar surface area (TPSA) is 64.3 Å². The number of rotatable bonds is 3. The number of nitrogens with two attached hydrogens (primary N) is 1. The largest absolute Gasteiger partial charge is 0.375 e. The third-order valence-corrected chi connectivity index (χ3v) is 2.61. The molecule has 0 saturated carbocycles. The number of ether oxygens (including phenoxy) is 1. The molecule has 14 heavy (non-hydrogen) atoms. The first-order valence-corrected chi connectivity index (χ1v) is 5.10. The summed E-state index contributed by atoms with van der Waals surface area (Å²) in [7, 11) is 0. The first-order chi connectivity index (χ1) is 6.41. The van der Waals surface area contributed by atoms with E-state index in [4.69, 9.17) is 10.5 Å². The highest BCUT2D eigenvalue weighted by Gasteiger charge is 2.29. The third-order valence-electron chi connectivity index (χ3n) is 2.61. The van der Waals surface area contributed by atoms with E-state index in [0.29, 0.717) is 6.04 Å². The predicted molar refractivity (Wildman–Crippen MR) is 54.8 cm³/mol. The molecular weight excluding hydrogens is 180 g/mol. The lowest BCUT2D eigenvalue weighted by Crippen LogP contribution is -2.50. The van der Waals surface area contributed by atoms with Crippen LogP contribution in [0.3, 0.4) is 0 Å². The second kappa shape index (κ2) is 4.28. The van der Waals surface area contributed by atoms with Crippen LogP contribution in [0.2, 0.25) is 0 Å².